The third-order valence-electron chi connectivity index (χ3n) is 3.60. The lowest BCUT2D eigenvalue weighted by atomic mass is 10.0. The van der Waals surface area contributed by atoms with E-state index in [1.807, 2.05) is 24.3 Å². The molecule has 0 saturated carbocycles. The van der Waals surface area contributed by atoms with Crippen LogP contribution in [0.3, 0.4) is 0 Å². The number of hydrogen-bond donors (Lipinski definition) is 3. The van der Waals surface area contributed by atoms with E-state index in [2.05, 4.69) is 10.2 Å². The second kappa shape index (κ2) is 6.54. The molecule has 0 unspecified atom stereocenters. The van der Waals surface area contributed by atoms with Gasteiger partial charge in [0, 0.05) is 31.4 Å². The normalized spacial score (nSPS) is 17.5. The van der Waals surface area contributed by atoms with Gasteiger partial charge in [-0.05, 0) is 24.5 Å². The van der Waals surface area contributed by atoms with Crippen LogP contribution in [0, 0.1) is 0 Å². The molecule has 1 aliphatic heterocycles. The van der Waals surface area contributed by atoms with Gasteiger partial charge >= 0.3 is 0 Å². The number of benzene rings is 1. The number of nitrogens with one attached hydrogen (secondary N) is 1. The summed E-state index contributed by atoms with van der Waals surface area (Å²) < 4.78 is 0. The molecule has 0 aromatic heterocycles. The molecule has 19 heavy (non-hydrogen) atoms. The summed E-state index contributed by atoms with van der Waals surface area (Å²) in [5.41, 5.74) is 13.1. The zero-order valence-corrected chi connectivity index (χ0v) is 11.1. The van der Waals surface area contributed by atoms with E-state index >= 15 is 0 Å². The molecule has 0 spiro atoms. The second-order valence-corrected chi connectivity index (χ2v) is 5.10. The highest BCUT2D eigenvalue weighted by Crippen LogP contribution is 2.13. The molecule has 1 heterocycles. The Morgan fingerprint density at radius 2 is 2.00 bits per heavy atom. The number of likely N-dealkylation sites (tertiary alicyclic amines) is 1. The second-order valence-electron chi connectivity index (χ2n) is 5.10. The first-order chi connectivity index (χ1) is 9.15. The van der Waals surface area contributed by atoms with Crippen molar-refractivity contribution in [1.29, 1.82) is 0 Å². The Hall–Kier alpha value is -1.59. The number of carbonyl (C=O) groups is 1. The third kappa shape index (κ3) is 4.22. The Kier molecular flexibility index (Phi) is 4.76. The van der Waals surface area contributed by atoms with Gasteiger partial charge < -0.3 is 16.8 Å². The maximum atomic E-state index is 10.8. The predicted molar refractivity (Wildman–Crippen MR) is 76.4 cm³/mol. The van der Waals surface area contributed by atoms with Crippen molar-refractivity contribution in [3.05, 3.63) is 29.8 Å². The van der Waals surface area contributed by atoms with Gasteiger partial charge in [0.15, 0.2) is 0 Å². The molecule has 2 rings (SSSR count). The number of rotatable bonds is 5. The minimum Gasteiger partial charge on any atom is -0.398 e. The van der Waals surface area contributed by atoms with Crippen molar-refractivity contribution < 1.29 is 4.79 Å². The molecular weight excluding hydrogens is 240 g/mol. The summed E-state index contributed by atoms with van der Waals surface area (Å²) >= 11 is 0. The highest BCUT2D eigenvalue weighted by atomic mass is 16.1. The summed E-state index contributed by atoms with van der Waals surface area (Å²) in [5, 5.41) is 3.53. The van der Waals surface area contributed by atoms with Gasteiger partial charge in [0.2, 0.25) is 5.91 Å². The summed E-state index contributed by atoms with van der Waals surface area (Å²) in [6.07, 6.45) is 2.08. The van der Waals surface area contributed by atoms with E-state index in [4.69, 9.17) is 11.5 Å². The van der Waals surface area contributed by atoms with Crippen LogP contribution in [0.1, 0.15) is 18.4 Å². The number of primary amides is 1. The first kappa shape index (κ1) is 13.8. The van der Waals surface area contributed by atoms with E-state index in [0.29, 0.717) is 12.6 Å². The fraction of sp³-hybridized carbons (Fsp3) is 0.500. The fourth-order valence-corrected chi connectivity index (χ4v) is 2.47. The van der Waals surface area contributed by atoms with E-state index in [1.54, 1.807) is 0 Å². The van der Waals surface area contributed by atoms with Gasteiger partial charge in [-0.2, -0.15) is 0 Å². The van der Waals surface area contributed by atoms with E-state index < -0.39 is 0 Å². The molecule has 5 nitrogen and oxygen atoms in total. The molecule has 104 valence electrons. The van der Waals surface area contributed by atoms with Crippen LogP contribution in [0.15, 0.2) is 24.3 Å². The van der Waals surface area contributed by atoms with Crippen LogP contribution >= 0.6 is 0 Å². The van der Waals surface area contributed by atoms with Crippen LogP contribution in [0.4, 0.5) is 5.69 Å². The maximum absolute atomic E-state index is 10.8. The molecule has 1 aliphatic rings. The average Bonchev–Trinajstić information content (AvgIpc) is 2.39. The van der Waals surface area contributed by atoms with Crippen LogP contribution < -0.4 is 16.8 Å². The maximum Gasteiger partial charge on any atom is 0.231 e. The molecule has 1 aromatic rings. The summed E-state index contributed by atoms with van der Waals surface area (Å²) in [7, 11) is 0. The lowest BCUT2D eigenvalue weighted by Crippen LogP contribution is -2.45. The Morgan fingerprint density at radius 3 is 2.63 bits per heavy atom. The molecule has 1 fully saturated rings. The molecular formula is C14H22N4O. The van der Waals surface area contributed by atoms with Gasteiger partial charge in [-0.3, -0.25) is 9.69 Å². The van der Waals surface area contributed by atoms with Crippen molar-refractivity contribution in [2.24, 2.45) is 5.73 Å². The monoisotopic (exact) mass is 262 g/mol. The van der Waals surface area contributed by atoms with E-state index in [-0.39, 0.29) is 5.91 Å². The summed E-state index contributed by atoms with van der Waals surface area (Å²) in [6.45, 7) is 3.02. The van der Waals surface area contributed by atoms with Crippen molar-refractivity contribution in [3.8, 4) is 0 Å². The van der Waals surface area contributed by atoms with Crippen molar-refractivity contribution in [1.82, 2.24) is 10.2 Å². The lowest BCUT2D eigenvalue weighted by Gasteiger charge is -2.31. The number of nitrogens with zero attached hydrogens (tertiary/aromatic N) is 1. The van der Waals surface area contributed by atoms with Gasteiger partial charge in [0.1, 0.15) is 0 Å². The number of nitrogen functional groups attached to an aromatic ring is 1. The highest BCUT2D eigenvalue weighted by molar-refractivity contribution is 5.75. The number of amides is 1. The fourth-order valence-electron chi connectivity index (χ4n) is 2.47. The molecule has 1 aromatic carbocycles. The Morgan fingerprint density at radius 1 is 1.32 bits per heavy atom. The standard InChI is InChI=1S/C14H22N4O/c15-13-4-2-1-3-11(13)9-17-12-5-7-18(8-6-12)10-14(16)19/h1-4,12,17H,5-10,15H2,(H2,16,19). The van der Waals surface area contributed by atoms with Crippen molar-refractivity contribution >= 4 is 11.6 Å². The van der Waals surface area contributed by atoms with Gasteiger partial charge in [-0.25, -0.2) is 0 Å². The van der Waals surface area contributed by atoms with E-state index in [0.717, 1.165) is 43.7 Å². The Labute approximate surface area is 113 Å². The molecule has 1 saturated heterocycles. The van der Waals surface area contributed by atoms with Crippen molar-refractivity contribution in [2.75, 3.05) is 25.4 Å². The molecule has 0 atom stereocenters. The van der Waals surface area contributed by atoms with Crippen LogP contribution in [0.2, 0.25) is 0 Å². The van der Waals surface area contributed by atoms with Gasteiger partial charge in [0.05, 0.1) is 6.54 Å². The van der Waals surface area contributed by atoms with E-state index in [1.165, 1.54) is 0 Å². The molecule has 1 amide bonds. The lowest BCUT2D eigenvalue weighted by molar-refractivity contribution is -0.119. The number of hydrogen-bond acceptors (Lipinski definition) is 4. The van der Waals surface area contributed by atoms with Crippen LogP contribution in [0.5, 0.6) is 0 Å². The average molecular weight is 262 g/mol. The smallest absolute Gasteiger partial charge is 0.231 e. The first-order valence-corrected chi connectivity index (χ1v) is 6.72. The minimum absolute atomic E-state index is 0.247. The zero-order valence-electron chi connectivity index (χ0n) is 11.1. The summed E-state index contributed by atoms with van der Waals surface area (Å²) in [6, 6.07) is 8.41. The van der Waals surface area contributed by atoms with Crippen LogP contribution in [0.25, 0.3) is 0 Å². The molecule has 0 bridgehead atoms. The largest absolute Gasteiger partial charge is 0.398 e. The Balaban J connectivity index is 1.74. The van der Waals surface area contributed by atoms with Crippen LogP contribution in [-0.2, 0) is 11.3 Å². The molecule has 0 radical (unpaired) electrons. The van der Waals surface area contributed by atoms with Gasteiger partial charge in [-0.1, -0.05) is 18.2 Å². The zero-order chi connectivity index (χ0) is 13.7. The summed E-state index contributed by atoms with van der Waals surface area (Å²) in [4.78, 5) is 13.0. The SMILES string of the molecule is NC(=O)CN1CCC(NCc2ccccc2N)CC1. The minimum atomic E-state index is -0.247. The molecule has 5 heteroatoms. The van der Waals surface area contributed by atoms with Gasteiger partial charge in [-0.15, -0.1) is 0 Å². The Bertz CT molecular complexity index is 427. The summed E-state index contributed by atoms with van der Waals surface area (Å²) in [5.74, 6) is -0.247. The number of piperidine rings is 1. The first-order valence-electron chi connectivity index (χ1n) is 6.72. The van der Waals surface area contributed by atoms with Crippen molar-refractivity contribution in [2.45, 2.75) is 25.4 Å². The highest BCUT2D eigenvalue weighted by Gasteiger charge is 2.19. The molecule has 0 aliphatic carbocycles. The third-order valence-corrected chi connectivity index (χ3v) is 3.60. The van der Waals surface area contributed by atoms with Crippen LogP contribution in [-0.4, -0.2) is 36.5 Å². The van der Waals surface area contributed by atoms with Crippen molar-refractivity contribution in [3.63, 3.8) is 0 Å². The quantitative estimate of drug-likeness (QED) is 0.667. The topological polar surface area (TPSA) is 84.4 Å². The van der Waals surface area contributed by atoms with E-state index in [9.17, 15) is 4.79 Å². The van der Waals surface area contributed by atoms with Gasteiger partial charge in [0.25, 0.3) is 0 Å². The number of nitrogens with two attached hydrogens (primary N) is 2. The number of carbonyl (C=O) groups excluding carboxylic acids is 1. The molecule has 5 N–H and O–H groups in total. The predicted octanol–water partition coefficient (Wildman–Crippen LogP) is 0.308. The number of para-hydroxylation sites is 1. The number of anilines is 1.